The Bertz CT molecular complexity index is 355. The van der Waals surface area contributed by atoms with Crippen molar-refractivity contribution < 1.29 is 17.7 Å². The Morgan fingerprint density at radius 1 is 1.50 bits per heavy atom. The molecule has 96 valence electrons. The summed E-state index contributed by atoms with van der Waals surface area (Å²) < 4.78 is 33.4. The monoisotopic (exact) mass is 269 g/mol. The SMILES string of the molecule is CC(CCS(C)=O)NC1CS(=O)(=O)CC1O. The fourth-order valence-electron chi connectivity index (χ4n) is 1.78. The number of nitrogens with one attached hydrogen (secondary N) is 1. The van der Waals surface area contributed by atoms with Gasteiger partial charge in [0.1, 0.15) is 0 Å². The van der Waals surface area contributed by atoms with E-state index in [0.717, 1.165) is 0 Å². The normalized spacial score (nSPS) is 32.4. The number of aliphatic hydroxyl groups is 1. The minimum absolute atomic E-state index is 0.00623. The molecule has 0 spiro atoms. The van der Waals surface area contributed by atoms with Crippen LogP contribution in [0.1, 0.15) is 13.3 Å². The number of rotatable bonds is 5. The summed E-state index contributed by atoms with van der Waals surface area (Å²) >= 11 is 0. The van der Waals surface area contributed by atoms with Gasteiger partial charge >= 0.3 is 0 Å². The average molecular weight is 269 g/mol. The lowest BCUT2D eigenvalue weighted by Crippen LogP contribution is -2.44. The van der Waals surface area contributed by atoms with Crippen LogP contribution in [0.5, 0.6) is 0 Å². The number of aliphatic hydroxyl groups excluding tert-OH is 1. The second kappa shape index (κ2) is 5.57. The van der Waals surface area contributed by atoms with Gasteiger partial charge in [-0.1, -0.05) is 0 Å². The molecule has 5 nitrogen and oxygen atoms in total. The molecule has 0 aromatic rings. The molecule has 1 saturated heterocycles. The molecule has 0 saturated carbocycles. The molecular weight excluding hydrogens is 250 g/mol. The Labute approximate surface area is 99.0 Å². The van der Waals surface area contributed by atoms with Crippen molar-refractivity contribution in [1.29, 1.82) is 0 Å². The Hall–Kier alpha value is 0.0200. The summed E-state index contributed by atoms with van der Waals surface area (Å²) in [6, 6.07) is -0.317. The third-order valence-corrected chi connectivity index (χ3v) is 5.19. The van der Waals surface area contributed by atoms with E-state index < -0.39 is 26.7 Å². The molecule has 1 aliphatic rings. The minimum Gasteiger partial charge on any atom is -0.390 e. The molecule has 4 unspecified atom stereocenters. The molecule has 0 amide bonds. The van der Waals surface area contributed by atoms with Crippen molar-refractivity contribution in [2.75, 3.05) is 23.5 Å². The van der Waals surface area contributed by atoms with E-state index in [1.165, 1.54) is 0 Å². The van der Waals surface area contributed by atoms with E-state index in [1.807, 2.05) is 6.92 Å². The molecular formula is C9H19NO4S2. The molecule has 0 radical (unpaired) electrons. The standard InChI is InChI=1S/C9H19NO4S2/c1-7(3-4-15(2)12)10-8-5-16(13,14)6-9(8)11/h7-11H,3-6H2,1-2H3. The Kier molecular flexibility index (Phi) is 4.90. The lowest BCUT2D eigenvalue weighted by Gasteiger charge is -2.20. The maximum absolute atomic E-state index is 11.3. The first-order valence-electron chi connectivity index (χ1n) is 5.25. The molecule has 0 aromatic heterocycles. The van der Waals surface area contributed by atoms with Crippen molar-refractivity contribution in [2.45, 2.75) is 31.5 Å². The van der Waals surface area contributed by atoms with Crippen LogP contribution < -0.4 is 5.32 Å². The third kappa shape index (κ3) is 4.48. The second-order valence-corrected chi connectivity index (χ2v) is 8.09. The van der Waals surface area contributed by atoms with Crippen molar-refractivity contribution in [3.8, 4) is 0 Å². The minimum atomic E-state index is -3.09. The summed E-state index contributed by atoms with van der Waals surface area (Å²) in [6.07, 6.45) is 1.54. The predicted octanol–water partition coefficient (Wildman–Crippen LogP) is -1.11. The first kappa shape index (κ1) is 14.1. The van der Waals surface area contributed by atoms with E-state index in [-0.39, 0.29) is 23.6 Å². The molecule has 1 rings (SSSR count). The summed E-state index contributed by atoms with van der Waals surface area (Å²) in [4.78, 5) is 0. The van der Waals surface area contributed by atoms with E-state index in [1.54, 1.807) is 6.26 Å². The highest BCUT2D eigenvalue weighted by atomic mass is 32.2. The van der Waals surface area contributed by atoms with E-state index in [2.05, 4.69) is 5.32 Å². The third-order valence-electron chi connectivity index (χ3n) is 2.66. The van der Waals surface area contributed by atoms with Crippen molar-refractivity contribution in [1.82, 2.24) is 5.32 Å². The van der Waals surface area contributed by atoms with Crippen molar-refractivity contribution >= 4 is 20.6 Å². The van der Waals surface area contributed by atoms with Gasteiger partial charge < -0.3 is 10.4 Å². The molecule has 0 aliphatic carbocycles. The van der Waals surface area contributed by atoms with Crippen LogP contribution in [0.3, 0.4) is 0 Å². The average Bonchev–Trinajstić information content (AvgIpc) is 2.36. The van der Waals surface area contributed by atoms with Crippen molar-refractivity contribution in [3.05, 3.63) is 0 Å². The molecule has 1 heterocycles. The van der Waals surface area contributed by atoms with Crippen LogP contribution in [-0.2, 0) is 20.6 Å². The van der Waals surface area contributed by atoms with E-state index in [4.69, 9.17) is 0 Å². The molecule has 0 aromatic carbocycles. The van der Waals surface area contributed by atoms with Crippen LogP contribution >= 0.6 is 0 Å². The molecule has 0 bridgehead atoms. The molecule has 4 atom stereocenters. The van der Waals surface area contributed by atoms with Crippen LogP contribution in [0.25, 0.3) is 0 Å². The maximum atomic E-state index is 11.3. The van der Waals surface area contributed by atoms with Gasteiger partial charge in [0.2, 0.25) is 0 Å². The fourth-order valence-corrected chi connectivity index (χ4v) is 4.22. The highest BCUT2D eigenvalue weighted by Gasteiger charge is 2.36. The maximum Gasteiger partial charge on any atom is 0.154 e. The topological polar surface area (TPSA) is 83.5 Å². The van der Waals surface area contributed by atoms with Gasteiger partial charge in [-0.3, -0.25) is 4.21 Å². The molecule has 7 heteroatoms. The lowest BCUT2D eigenvalue weighted by atomic mass is 10.1. The Balaban J connectivity index is 2.40. The zero-order valence-corrected chi connectivity index (χ0v) is 11.2. The first-order valence-corrected chi connectivity index (χ1v) is 8.79. The van der Waals surface area contributed by atoms with Gasteiger partial charge in [-0.15, -0.1) is 0 Å². The molecule has 1 aliphatic heterocycles. The van der Waals surface area contributed by atoms with Gasteiger partial charge in [-0.2, -0.15) is 0 Å². The Morgan fingerprint density at radius 2 is 2.12 bits per heavy atom. The second-order valence-electron chi connectivity index (χ2n) is 4.38. The van der Waals surface area contributed by atoms with Crippen LogP contribution in [-0.4, -0.2) is 59.4 Å². The highest BCUT2D eigenvalue weighted by molar-refractivity contribution is 7.91. The summed E-state index contributed by atoms with van der Waals surface area (Å²) in [6.45, 7) is 1.91. The zero-order chi connectivity index (χ0) is 12.3. The van der Waals surface area contributed by atoms with E-state index >= 15 is 0 Å². The molecule has 2 N–H and O–H groups in total. The van der Waals surface area contributed by atoms with Gasteiger partial charge in [0.15, 0.2) is 9.84 Å². The van der Waals surface area contributed by atoms with Crippen LogP contribution in [0, 0.1) is 0 Å². The van der Waals surface area contributed by atoms with Gasteiger partial charge in [-0.25, -0.2) is 8.42 Å². The summed E-state index contributed by atoms with van der Waals surface area (Å²) in [5, 5.41) is 12.6. The molecule has 16 heavy (non-hydrogen) atoms. The number of hydrogen-bond acceptors (Lipinski definition) is 5. The highest BCUT2D eigenvalue weighted by Crippen LogP contribution is 2.13. The summed E-state index contributed by atoms with van der Waals surface area (Å²) in [7, 11) is -3.93. The van der Waals surface area contributed by atoms with Gasteiger partial charge in [0, 0.05) is 34.9 Å². The summed E-state index contributed by atoms with van der Waals surface area (Å²) in [5.74, 6) is 0.425. The van der Waals surface area contributed by atoms with Crippen molar-refractivity contribution in [3.63, 3.8) is 0 Å². The smallest absolute Gasteiger partial charge is 0.154 e. The van der Waals surface area contributed by atoms with Crippen molar-refractivity contribution in [2.24, 2.45) is 0 Å². The van der Waals surface area contributed by atoms with Gasteiger partial charge in [0.05, 0.1) is 17.6 Å². The quantitative estimate of drug-likeness (QED) is 0.661. The van der Waals surface area contributed by atoms with Gasteiger partial charge in [0.25, 0.3) is 0 Å². The van der Waals surface area contributed by atoms with Crippen LogP contribution in [0.4, 0.5) is 0 Å². The largest absolute Gasteiger partial charge is 0.390 e. The Morgan fingerprint density at radius 3 is 2.56 bits per heavy atom. The van der Waals surface area contributed by atoms with E-state index in [0.29, 0.717) is 12.2 Å². The van der Waals surface area contributed by atoms with E-state index in [9.17, 15) is 17.7 Å². The predicted molar refractivity (Wildman–Crippen MR) is 64.6 cm³/mol. The lowest BCUT2D eigenvalue weighted by molar-refractivity contribution is 0.160. The molecule has 1 fully saturated rings. The summed E-state index contributed by atoms with van der Waals surface area (Å²) in [5.41, 5.74) is 0. The van der Waals surface area contributed by atoms with Crippen LogP contribution in [0.15, 0.2) is 0 Å². The zero-order valence-electron chi connectivity index (χ0n) is 9.55. The van der Waals surface area contributed by atoms with Crippen LogP contribution in [0.2, 0.25) is 0 Å². The van der Waals surface area contributed by atoms with Gasteiger partial charge in [-0.05, 0) is 13.3 Å². The fraction of sp³-hybridized carbons (Fsp3) is 1.00. The number of sulfone groups is 1. The first-order chi connectivity index (χ1) is 7.30. The number of hydrogen-bond donors (Lipinski definition) is 2.